The molecule has 0 atom stereocenters. The molecule has 0 radical (unpaired) electrons. The van der Waals surface area contributed by atoms with Crippen molar-refractivity contribution in [1.82, 2.24) is 0 Å². The quantitative estimate of drug-likeness (QED) is 0.830. The summed E-state index contributed by atoms with van der Waals surface area (Å²) < 4.78 is 5.21. The summed E-state index contributed by atoms with van der Waals surface area (Å²) in [6.45, 7) is 7.47. The van der Waals surface area contributed by atoms with Gasteiger partial charge >= 0.3 is 6.09 Å². The summed E-state index contributed by atoms with van der Waals surface area (Å²) in [6, 6.07) is 5.93. The van der Waals surface area contributed by atoms with Crippen molar-refractivity contribution >= 4 is 27.7 Å². The van der Waals surface area contributed by atoms with Crippen molar-refractivity contribution in [3.63, 3.8) is 0 Å². The van der Waals surface area contributed by atoms with Crippen molar-refractivity contribution in [3.05, 3.63) is 29.3 Å². The van der Waals surface area contributed by atoms with Gasteiger partial charge in [-0.15, -0.1) is 0 Å². The van der Waals surface area contributed by atoms with E-state index in [1.807, 2.05) is 45.9 Å². The van der Waals surface area contributed by atoms with Crippen molar-refractivity contribution in [2.75, 3.05) is 5.32 Å². The summed E-state index contributed by atoms with van der Waals surface area (Å²) in [5.74, 6) is 0. The monoisotopic (exact) mass is 299 g/mol. The van der Waals surface area contributed by atoms with Crippen LogP contribution in [0.15, 0.2) is 18.2 Å². The van der Waals surface area contributed by atoms with Crippen LogP contribution >= 0.6 is 15.9 Å². The normalized spacial score (nSPS) is 11.1. The predicted octanol–water partition coefficient (Wildman–Crippen LogP) is 4.24. The molecular weight excluding hydrogens is 282 g/mol. The Morgan fingerprint density at radius 2 is 2.06 bits per heavy atom. The van der Waals surface area contributed by atoms with Crippen molar-refractivity contribution in [2.45, 2.75) is 38.6 Å². The average Bonchev–Trinajstić information content (AvgIpc) is 2.18. The molecule has 3 nitrogen and oxygen atoms in total. The Bertz CT molecular complexity index is 410. The smallest absolute Gasteiger partial charge is 0.412 e. The van der Waals surface area contributed by atoms with E-state index in [9.17, 15) is 4.79 Å². The minimum absolute atomic E-state index is 0.424. The first-order valence-electron chi connectivity index (χ1n) is 5.47. The number of ether oxygens (including phenoxy) is 1. The SMILES string of the molecule is Cc1ccc(CBr)cc1NC(=O)OC(C)(C)C. The zero-order valence-electron chi connectivity index (χ0n) is 10.6. The molecule has 0 spiro atoms. The van der Waals surface area contributed by atoms with Crippen molar-refractivity contribution in [2.24, 2.45) is 0 Å². The van der Waals surface area contributed by atoms with Crippen molar-refractivity contribution in [3.8, 4) is 0 Å². The standard InChI is InChI=1S/C13H18BrNO2/c1-9-5-6-10(8-14)7-11(9)15-12(16)17-13(2,3)4/h5-7H,8H2,1-4H3,(H,15,16). The molecule has 1 amide bonds. The molecule has 0 bridgehead atoms. The summed E-state index contributed by atoms with van der Waals surface area (Å²) in [6.07, 6.45) is -0.424. The van der Waals surface area contributed by atoms with Gasteiger partial charge in [-0.3, -0.25) is 5.32 Å². The van der Waals surface area contributed by atoms with Gasteiger partial charge in [0.25, 0.3) is 0 Å². The van der Waals surface area contributed by atoms with Gasteiger partial charge in [0.1, 0.15) is 5.60 Å². The third-order valence-corrected chi connectivity index (χ3v) is 2.74. The highest BCUT2D eigenvalue weighted by Crippen LogP contribution is 2.19. The Hall–Kier alpha value is -1.03. The molecule has 94 valence electrons. The van der Waals surface area contributed by atoms with E-state index in [-0.39, 0.29) is 0 Å². The number of anilines is 1. The Kier molecular flexibility index (Phi) is 4.57. The van der Waals surface area contributed by atoms with Gasteiger partial charge in [0.05, 0.1) is 0 Å². The first kappa shape index (κ1) is 14.0. The molecule has 0 aliphatic carbocycles. The van der Waals surface area contributed by atoms with E-state index in [2.05, 4.69) is 21.2 Å². The van der Waals surface area contributed by atoms with Crippen LogP contribution in [0, 0.1) is 6.92 Å². The number of alkyl halides is 1. The number of nitrogens with one attached hydrogen (secondary N) is 1. The summed E-state index contributed by atoms with van der Waals surface area (Å²) in [4.78, 5) is 11.6. The lowest BCUT2D eigenvalue weighted by Crippen LogP contribution is -2.27. The Morgan fingerprint density at radius 1 is 1.41 bits per heavy atom. The predicted molar refractivity (Wildman–Crippen MR) is 73.7 cm³/mol. The highest BCUT2D eigenvalue weighted by Gasteiger charge is 2.16. The molecule has 0 fully saturated rings. The van der Waals surface area contributed by atoms with Gasteiger partial charge in [-0.1, -0.05) is 28.1 Å². The molecule has 0 heterocycles. The summed E-state index contributed by atoms with van der Waals surface area (Å²) in [5.41, 5.74) is 2.43. The molecule has 1 rings (SSSR count). The minimum atomic E-state index is -0.481. The van der Waals surface area contributed by atoms with Crippen LogP contribution in [0.25, 0.3) is 0 Å². The Balaban J connectivity index is 2.77. The molecule has 0 unspecified atom stereocenters. The molecule has 0 aromatic heterocycles. The minimum Gasteiger partial charge on any atom is -0.444 e. The maximum absolute atomic E-state index is 11.6. The van der Waals surface area contributed by atoms with Crippen LogP contribution in [-0.2, 0) is 10.1 Å². The van der Waals surface area contributed by atoms with Crippen LogP contribution in [0.1, 0.15) is 31.9 Å². The molecule has 1 aromatic carbocycles. The number of benzene rings is 1. The maximum atomic E-state index is 11.6. The first-order chi connectivity index (χ1) is 7.81. The summed E-state index contributed by atoms with van der Waals surface area (Å²) in [7, 11) is 0. The topological polar surface area (TPSA) is 38.3 Å². The van der Waals surface area contributed by atoms with E-state index in [0.29, 0.717) is 0 Å². The molecule has 4 heteroatoms. The van der Waals surface area contributed by atoms with Gasteiger partial charge in [-0.25, -0.2) is 4.79 Å². The van der Waals surface area contributed by atoms with E-state index in [1.54, 1.807) is 0 Å². The molecule has 1 N–H and O–H groups in total. The zero-order chi connectivity index (χ0) is 13.1. The number of amides is 1. The number of hydrogen-bond donors (Lipinski definition) is 1. The number of hydrogen-bond acceptors (Lipinski definition) is 2. The van der Waals surface area contributed by atoms with Gasteiger partial charge in [0, 0.05) is 11.0 Å². The van der Waals surface area contributed by atoms with Crippen LogP contribution in [0.5, 0.6) is 0 Å². The summed E-state index contributed by atoms with van der Waals surface area (Å²) >= 11 is 3.39. The molecule has 0 saturated carbocycles. The van der Waals surface area contributed by atoms with E-state index < -0.39 is 11.7 Å². The lowest BCUT2D eigenvalue weighted by atomic mass is 10.1. The van der Waals surface area contributed by atoms with E-state index >= 15 is 0 Å². The molecular formula is C13H18BrNO2. The van der Waals surface area contributed by atoms with Crippen LogP contribution in [0.4, 0.5) is 10.5 Å². The average molecular weight is 300 g/mol. The first-order valence-corrected chi connectivity index (χ1v) is 6.59. The molecule has 17 heavy (non-hydrogen) atoms. The Labute approximate surface area is 111 Å². The van der Waals surface area contributed by atoms with Gasteiger partial charge in [-0.2, -0.15) is 0 Å². The lowest BCUT2D eigenvalue weighted by Gasteiger charge is -2.20. The van der Waals surface area contributed by atoms with Crippen molar-refractivity contribution in [1.29, 1.82) is 0 Å². The molecule has 1 aromatic rings. The Morgan fingerprint density at radius 3 is 2.59 bits per heavy atom. The van der Waals surface area contributed by atoms with Crippen LogP contribution < -0.4 is 5.32 Å². The largest absolute Gasteiger partial charge is 0.444 e. The highest BCUT2D eigenvalue weighted by molar-refractivity contribution is 9.08. The number of aryl methyl sites for hydroxylation is 1. The summed E-state index contributed by atoms with van der Waals surface area (Å²) in [5, 5.41) is 3.52. The van der Waals surface area contributed by atoms with Gasteiger partial charge < -0.3 is 4.74 Å². The van der Waals surface area contributed by atoms with E-state index in [1.165, 1.54) is 0 Å². The second-order valence-corrected chi connectivity index (χ2v) is 5.47. The van der Waals surface area contributed by atoms with Crippen LogP contribution in [-0.4, -0.2) is 11.7 Å². The van der Waals surface area contributed by atoms with E-state index in [0.717, 1.165) is 22.1 Å². The fourth-order valence-electron chi connectivity index (χ4n) is 1.30. The third-order valence-electron chi connectivity index (χ3n) is 2.09. The van der Waals surface area contributed by atoms with Crippen LogP contribution in [0.2, 0.25) is 0 Å². The molecule has 0 saturated heterocycles. The van der Waals surface area contributed by atoms with Gasteiger partial charge in [-0.05, 0) is 44.9 Å². The van der Waals surface area contributed by atoms with Gasteiger partial charge in [0.15, 0.2) is 0 Å². The zero-order valence-corrected chi connectivity index (χ0v) is 12.2. The second-order valence-electron chi connectivity index (χ2n) is 4.91. The molecule has 0 aliphatic rings. The van der Waals surface area contributed by atoms with E-state index in [4.69, 9.17) is 4.74 Å². The number of halogens is 1. The van der Waals surface area contributed by atoms with Gasteiger partial charge in [0.2, 0.25) is 0 Å². The number of carbonyl (C=O) groups excluding carboxylic acids is 1. The number of carbonyl (C=O) groups is 1. The maximum Gasteiger partial charge on any atom is 0.412 e. The second kappa shape index (κ2) is 5.54. The lowest BCUT2D eigenvalue weighted by molar-refractivity contribution is 0.0636. The van der Waals surface area contributed by atoms with Crippen molar-refractivity contribution < 1.29 is 9.53 Å². The molecule has 0 aliphatic heterocycles. The fraction of sp³-hybridized carbons (Fsp3) is 0.462. The number of rotatable bonds is 2. The third kappa shape index (κ3) is 4.77. The highest BCUT2D eigenvalue weighted by atomic mass is 79.9. The fourth-order valence-corrected chi connectivity index (χ4v) is 1.65. The van der Waals surface area contributed by atoms with Crippen LogP contribution in [0.3, 0.4) is 0 Å².